The van der Waals surface area contributed by atoms with Crippen molar-refractivity contribution >= 4 is 45.0 Å². The van der Waals surface area contributed by atoms with Crippen molar-refractivity contribution in [3.05, 3.63) is 59.5 Å². The molecule has 1 aliphatic rings. The van der Waals surface area contributed by atoms with Crippen LogP contribution in [0.15, 0.2) is 53.3 Å². The summed E-state index contributed by atoms with van der Waals surface area (Å²) in [6, 6.07) is 12.3. The van der Waals surface area contributed by atoms with E-state index in [2.05, 4.69) is 47.8 Å². The smallest absolute Gasteiger partial charge is 0.233 e. The minimum Gasteiger partial charge on any atom is -0.352 e. The second-order valence-corrected chi connectivity index (χ2v) is 9.43. The van der Waals surface area contributed by atoms with E-state index in [1.165, 1.54) is 17.3 Å². The van der Waals surface area contributed by atoms with Gasteiger partial charge < -0.3 is 14.4 Å². The predicted octanol–water partition coefficient (Wildman–Crippen LogP) is 3.08. The molecule has 0 N–H and O–H groups in total. The van der Waals surface area contributed by atoms with E-state index >= 15 is 0 Å². The van der Waals surface area contributed by atoms with Gasteiger partial charge in [0.15, 0.2) is 5.16 Å². The molecule has 164 valence electrons. The molecule has 1 aromatic carbocycles. The molecule has 4 heterocycles. The first-order valence-electron chi connectivity index (χ1n) is 10.5. The molecule has 1 saturated heterocycles. The first-order chi connectivity index (χ1) is 15.7. The van der Waals surface area contributed by atoms with Crippen LogP contribution in [0.25, 0.3) is 10.2 Å². The van der Waals surface area contributed by atoms with Gasteiger partial charge in [0.1, 0.15) is 22.8 Å². The highest BCUT2D eigenvalue weighted by molar-refractivity contribution is 7.99. The third kappa shape index (κ3) is 4.33. The second-order valence-electron chi connectivity index (χ2n) is 7.59. The summed E-state index contributed by atoms with van der Waals surface area (Å²) in [7, 11) is 0. The predicted molar refractivity (Wildman–Crippen MR) is 127 cm³/mol. The average molecular weight is 466 g/mol. The van der Waals surface area contributed by atoms with E-state index < -0.39 is 0 Å². The number of rotatable bonds is 6. The molecule has 1 fully saturated rings. The quantitative estimate of drug-likeness (QED) is 0.405. The minimum absolute atomic E-state index is 0.130. The van der Waals surface area contributed by atoms with Crippen LogP contribution in [0.3, 0.4) is 0 Å². The van der Waals surface area contributed by atoms with Crippen LogP contribution in [0.5, 0.6) is 0 Å². The van der Waals surface area contributed by atoms with Gasteiger partial charge in [0, 0.05) is 26.2 Å². The van der Waals surface area contributed by atoms with Gasteiger partial charge >= 0.3 is 0 Å². The zero-order chi connectivity index (χ0) is 21.9. The van der Waals surface area contributed by atoms with E-state index in [4.69, 9.17) is 0 Å². The molecule has 0 spiro atoms. The van der Waals surface area contributed by atoms with Crippen LogP contribution in [-0.4, -0.2) is 67.5 Å². The lowest BCUT2D eigenvalue weighted by atomic mass is 10.2. The van der Waals surface area contributed by atoms with Gasteiger partial charge in [-0.15, -0.1) is 21.5 Å². The summed E-state index contributed by atoms with van der Waals surface area (Å²) in [6.45, 7) is 5.54. The Morgan fingerprint density at radius 1 is 1.06 bits per heavy atom. The van der Waals surface area contributed by atoms with E-state index in [0.717, 1.165) is 40.1 Å². The molecule has 32 heavy (non-hydrogen) atoms. The van der Waals surface area contributed by atoms with Crippen molar-refractivity contribution in [2.45, 2.75) is 18.6 Å². The number of fused-ring (bicyclic) bond motifs is 1. The summed E-state index contributed by atoms with van der Waals surface area (Å²) in [5, 5.41) is 12.4. The Morgan fingerprint density at radius 2 is 1.88 bits per heavy atom. The largest absolute Gasteiger partial charge is 0.352 e. The molecule has 3 aromatic heterocycles. The number of hydrogen-bond donors (Lipinski definition) is 0. The molecule has 0 bridgehead atoms. The molecule has 0 aliphatic carbocycles. The fourth-order valence-corrected chi connectivity index (χ4v) is 5.44. The molecule has 0 atom stereocenters. The molecule has 1 amide bonds. The maximum absolute atomic E-state index is 12.9. The van der Waals surface area contributed by atoms with Gasteiger partial charge in [0.2, 0.25) is 5.91 Å². The number of aryl methyl sites for hydroxylation is 1. The molecule has 0 saturated carbocycles. The van der Waals surface area contributed by atoms with Crippen LogP contribution >= 0.6 is 23.1 Å². The number of benzene rings is 1. The van der Waals surface area contributed by atoms with Crippen molar-refractivity contribution in [1.82, 2.24) is 29.6 Å². The highest BCUT2D eigenvalue weighted by atomic mass is 32.2. The van der Waals surface area contributed by atoms with Gasteiger partial charge in [-0.05, 0) is 23.9 Å². The zero-order valence-corrected chi connectivity index (χ0v) is 19.3. The molecular weight excluding hydrogens is 442 g/mol. The highest BCUT2D eigenvalue weighted by Gasteiger charge is 2.24. The average Bonchev–Trinajstić information content (AvgIpc) is 3.45. The second kappa shape index (κ2) is 9.25. The normalized spacial score (nSPS) is 14.3. The molecule has 10 heteroatoms. The standard InChI is InChI=1S/C22H23N7OS2/c1-16-25-26-22(29(16)13-17-5-3-2-4-6-17)32-14-19(30)27-8-10-28(11-9-27)20-18-7-12-31-21(18)24-15-23-20/h2-7,12,15H,8-11,13-14H2,1H3. The molecule has 1 aliphatic heterocycles. The summed E-state index contributed by atoms with van der Waals surface area (Å²) in [4.78, 5) is 26.9. The van der Waals surface area contributed by atoms with E-state index in [-0.39, 0.29) is 5.91 Å². The van der Waals surface area contributed by atoms with Gasteiger partial charge in [0.25, 0.3) is 0 Å². The first-order valence-corrected chi connectivity index (χ1v) is 12.3. The Morgan fingerprint density at radius 3 is 2.69 bits per heavy atom. The third-order valence-electron chi connectivity index (χ3n) is 5.58. The van der Waals surface area contributed by atoms with Gasteiger partial charge in [0.05, 0.1) is 17.7 Å². The molecule has 0 radical (unpaired) electrons. The van der Waals surface area contributed by atoms with Crippen LogP contribution in [0, 0.1) is 6.92 Å². The van der Waals surface area contributed by atoms with Crippen molar-refractivity contribution in [2.75, 3.05) is 36.8 Å². The third-order valence-corrected chi connectivity index (χ3v) is 7.35. The first kappa shape index (κ1) is 20.9. The molecule has 4 aromatic rings. The summed E-state index contributed by atoms with van der Waals surface area (Å²) in [5.74, 6) is 2.30. The fraction of sp³-hybridized carbons (Fsp3) is 0.318. The van der Waals surface area contributed by atoms with Gasteiger partial charge in [-0.2, -0.15) is 0 Å². The van der Waals surface area contributed by atoms with Gasteiger partial charge in [-0.3, -0.25) is 4.79 Å². The van der Waals surface area contributed by atoms with Crippen LogP contribution in [-0.2, 0) is 11.3 Å². The number of hydrogen-bond acceptors (Lipinski definition) is 8. The zero-order valence-electron chi connectivity index (χ0n) is 17.7. The van der Waals surface area contributed by atoms with Crippen molar-refractivity contribution < 1.29 is 4.79 Å². The number of amides is 1. The van der Waals surface area contributed by atoms with E-state index in [0.29, 0.717) is 25.4 Å². The Bertz CT molecular complexity index is 1220. The molecule has 8 nitrogen and oxygen atoms in total. The molecule has 5 rings (SSSR count). The van der Waals surface area contributed by atoms with Crippen molar-refractivity contribution in [1.29, 1.82) is 0 Å². The summed E-state index contributed by atoms with van der Waals surface area (Å²) >= 11 is 3.07. The number of nitrogens with zero attached hydrogens (tertiary/aromatic N) is 7. The summed E-state index contributed by atoms with van der Waals surface area (Å²) < 4.78 is 2.06. The Labute approximate surface area is 194 Å². The van der Waals surface area contributed by atoms with Crippen LogP contribution in [0.2, 0.25) is 0 Å². The van der Waals surface area contributed by atoms with Gasteiger partial charge in [-0.25, -0.2) is 9.97 Å². The van der Waals surface area contributed by atoms with Gasteiger partial charge in [-0.1, -0.05) is 42.1 Å². The summed E-state index contributed by atoms with van der Waals surface area (Å²) in [5.41, 5.74) is 1.18. The number of aromatic nitrogens is 5. The number of thiophene rings is 1. The fourth-order valence-electron chi connectivity index (χ4n) is 3.83. The van der Waals surface area contributed by atoms with Crippen LogP contribution in [0.4, 0.5) is 5.82 Å². The number of carbonyl (C=O) groups excluding carboxylic acids is 1. The van der Waals surface area contributed by atoms with E-state index in [1.807, 2.05) is 35.4 Å². The maximum Gasteiger partial charge on any atom is 0.233 e. The SMILES string of the molecule is Cc1nnc(SCC(=O)N2CCN(c3ncnc4sccc34)CC2)n1Cc1ccccc1. The number of anilines is 1. The number of piperazine rings is 1. The highest BCUT2D eigenvalue weighted by Crippen LogP contribution is 2.27. The molecule has 0 unspecified atom stereocenters. The number of thioether (sulfide) groups is 1. The monoisotopic (exact) mass is 465 g/mol. The van der Waals surface area contributed by atoms with Crippen LogP contribution in [0.1, 0.15) is 11.4 Å². The Hall–Kier alpha value is -2.98. The Balaban J connectivity index is 1.18. The van der Waals surface area contributed by atoms with Crippen molar-refractivity contribution in [2.24, 2.45) is 0 Å². The maximum atomic E-state index is 12.9. The Kier molecular flexibility index (Phi) is 6.04. The molecular formula is C22H23N7OS2. The number of carbonyl (C=O) groups is 1. The topological polar surface area (TPSA) is 80.0 Å². The van der Waals surface area contributed by atoms with Crippen LogP contribution < -0.4 is 4.90 Å². The lowest BCUT2D eigenvalue weighted by Gasteiger charge is -2.35. The van der Waals surface area contributed by atoms with Crippen molar-refractivity contribution in [3.8, 4) is 0 Å². The minimum atomic E-state index is 0.130. The summed E-state index contributed by atoms with van der Waals surface area (Å²) in [6.07, 6.45) is 1.62. The lowest BCUT2D eigenvalue weighted by Crippen LogP contribution is -2.49. The lowest BCUT2D eigenvalue weighted by molar-refractivity contribution is -0.128. The van der Waals surface area contributed by atoms with E-state index in [9.17, 15) is 4.79 Å². The van der Waals surface area contributed by atoms with Crippen molar-refractivity contribution in [3.63, 3.8) is 0 Å². The van der Waals surface area contributed by atoms with E-state index in [1.54, 1.807) is 17.7 Å².